The molecular weight excluding hydrogens is 404 g/mol. The fraction of sp³-hybridized carbons (Fsp3) is 0.389. The molecule has 28 heavy (non-hydrogen) atoms. The molecule has 0 aromatic heterocycles. The van der Waals surface area contributed by atoms with Crippen LogP contribution in [0.2, 0.25) is 0 Å². The predicted molar refractivity (Wildman–Crippen MR) is 105 cm³/mol. The molecule has 0 radical (unpaired) electrons. The second kappa shape index (κ2) is 8.36. The summed E-state index contributed by atoms with van der Waals surface area (Å²) in [5.41, 5.74) is 0.756. The summed E-state index contributed by atoms with van der Waals surface area (Å²) >= 11 is 0.827. The third-order valence-corrected chi connectivity index (χ3v) is 7.12. The Hall–Kier alpha value is -2.33. The predicted octanol–water partition coefficient (Wildman–Crippen LogP) is 1.42. The number of nitrogens with one attached hydrogen (secondary N) is 1. The van der Waals surface area contributed by atoms with E-state index in [0.29, 0.717) is 12.2 Å². The van der Waals surface area contributed by atoms with Crippen molar-refractivity contribution in [2.24, 2.45) is 0 Å². The van der Waals surface area contributed by atoms with E-state index in [-0.39, 0.29) is 35.3 Å². The number of ether oxygens (including phenoxy) is 1. The van der Waals surface area contributed by atoms with Crippen LogP contribution in [0.1, 0.15) is 18.4 Å². The van der Waals surface area contributed by atoms with E-state index in [9.17, 15) is 22.8 Å². The molecule has 0 unspecified atom stereocenters. The quantitative estimate of drug-likeness (QED) is 0.688. The van der Waals surface area contributed by atoms with Gasteiger partial charge in [0.1, 0.15) is 5.75 Å². The average Bonchev–Trinajstić information content (AvgIpc) is 3.12. The van der Waals surface area contributed by atoms with Gasteiger partial charge in [-0.3, -0.25) is 19.3 Å². The summed E-state index contributed by atoms with van der Waals surface area (Å²) in [5, 5.41) is 2.22. The minimum Gasteiger partial charge on any atom is -0.497 e. The molecule has 3 amide bonds. The normalized spacial score (nSPS) is 22.7. The molecular formula is C18H20N2O6S2. The zero-order valence-corrected chi connectivity index (χ0v) is 16.8. The number of rotatable bonds is 6. The first-order chi connectivity index (χ1) is 13.3. The first kappa shape index (κ1) is 20.4. The number of methoxy groups -OCH3 is 1. The third-order valence-electron chi connectivity index (χ3n) is 4.45. The van der Waals surface area contributed by atoms with Crippen LogP contribution in [0, 0.1) is 0 Å². The van der Waals surface area contributed by atoms with Gasteiger partial charge in [0, 0.05) is 19.0 Å². The highest BCUT2D eigenvalue weighted by Gasteiger charge is 2.35. The zero-order chi connectivity index (χ0) is 20.3. The van der Waals surface area contributed by atoms with Crippen molar-refractivity contribution in [3.63, 3.8) is 0 Å². The lowest BCUT2D eigenvalue weighted by Crippen LogP contribution is -2.38. The molecule has 3 rings (SSSR count). The Balaban J connectivity index is 1.56. The SMILES string of the molecule is COc1ccc(/C=C2/SC(=O)N(CCC(=O)N[C@H]3CCS(=O)(=O)C3)C2=O)cc1. The fourth-order valence-electron chi connectivity index (χ4n) is 2.97. The number of thioether (sulfide) groups is 1. The topological polar surface area (TPSA) is 110 Å². The first-order valence-corrected chi connectivity index (χ1v) is 11.3. The van der Waals surface area contributed by atoms with Crippen LogP contribution in [-0.2, 0) is 19.4 Å². The van der Waals surface area contributed by atoms with Gasteiger partial charge < -0.3 is 10.1 Å². The molecule has 0 saturated carbocycles. The van der Waals surface area contributed by atoms with Crippen LogP contribution in [0.4, 0.5) is 4.79 Å². The van der Waals surface area contributed by atoms with Crippen molar-refractivity contribution in [3.05, 3.63) is 34.7 Å². The molecule has 1 aromatic rings. The summed E-state index contributed by atoms with van der Waals surface area (Å²) in [7, 11) is -1.53. The Labute approximate surface area is 167 Å². The first-order valence-electron chi connectivity index (χ1n) is 8.66. The minimum atomic E-state index is -3.08. The van der Waals surface area contributed by atoms with Crippen LogP contribution in [-0.4, -0.2) is 61.6 Å². The molecule has 1 N–H and O–H groups in total. The Morgan fingerprint density at radius 3 is 2.64 bits per heavy atom. The number of hydrogen-bond acceptors (Lipinski definition) is 7. The van der Waals surface area contributed by atoms with Gasteiger partial charge in [-0.1, -0.05) is 12.1 Å². The third kappa shape index (κ3) is 4.93. The van der Waals surface area contributed by atoms with Gasteiger partial charge in [0.15, 0.2) is 9.84 Å². The van der Waals surface area contributed by atoms with E-state index in [1.165, 1.54) is 0 Å². The lowest BCUT2D eigenvalue weighted by atomic mass is 10.2. The van der Waals surface area contributed by atoms with E-state index in [0.717, 1.165) is 22.2 Å². The molecule has 1 aromatic carbocycles. The van der Waals surface area contributed by atoms with Gasteiger partial charge >= 0.3 is 0 Å². The maximum atomic E-state index is 12.5. The van der Waals surface area contributed by atoms with Gasteiger partial charge in [-0.15, -0.1) is 0 Å². The second-order valence-electron chi connectivity index (χ2n) is 6.52. The van der Waals surface area contributed by atoms with Gasteiger partial charge in [0.05, 0.1) is 23.5 Å². The van der Waals surface area contributed by atoms with Crippen LogP contribution >= 0.6 is 11.8 Å². The molecule has 0 spiro atoms. The van der Waals surface area contributed by atoms with Crippen molar-refractivity contribution in [2.45, 2.75) is 18.9 Å². The van der Waals surface area contributed by atoms with Crippen molar-refractivity contribution >= 4 is 44.7 Å². The average molecular weight is 425 g/mol. The van der Waals surface area contributed by atoms with Gasteiger partial charge in [0.2, 0.25) is 5.91 Å². The summed E-state index contributed by atoms with van der Waals surface area (Å²) in [4.78, 5) is 37.9. The summed E-state index contributed by atoms with van der Waals surface area (Å²) < 4.78 is 27.9. The van der Waals surface area contributed by atoms with Crippen molar-refractivity contribution in [3.8, 4) is 5.75 Å². The lowest BCUT2D eigenvalue weighted by Gasteiger charge is -2.14. The van der Waals surface area contributed by atoms with Gasteiger partial charge in [-0.25, -0.2) is 8.42 Å². The van der Waals surface area contributed by atoms with Crippen LogP contribution in [0.5, 0.6) is 5.75 Å². The lowest BCUT2D eigenvalue weighted by molar-refractivity contribution is -0.124. The number of carbonyl (C=O) groups is 3. The summed E-state index contributed by atoms with van der Waals surface area (Å²) in [6, 6.07) is 6.65. The second-order valence-corrected chi connectivity index (χ2v) is 9.75. The van der Waals surface area contributed by atoms with Crippen LogP contribution < -0.4 is 10.1 Å². The highest BCUT2D eigenvalue weighted by molar-refractivity contribution is 8.18. The molecule has 8 nitrogen and oxygen atoms in total. The molecule has 2 saturated heterocycles. The molecule has 0 aliphatic carbocycles. The van der Waals surface area contributed by atoms with E-state index in [1.807, 2.05) is 0 Å². The number of benzene rings is 1. The minimum absolute atomic E-state index is 0.0457. The van der Waals surface area contributed by atoms with Crippen molar-refractivity contribution < 1.29 is 27.5 Å². The number of hydrogen-bond donors (Lipinski definition) is 1. The Morgan fingerprint density at radius 2 is 2.04 bits per heavy atom. The van der Waals surface area contributed by atoms with Crippen molar-refractivity contribution in [1.29, 1.82) is 0 Å². The number of sulfone groups is 1. The Kier molecular flexibility index (Phi) is 6.09. The van der Waals surface area contributed by atoms with E-state index in [4.69, 9.17) is 4.74 Å². The largest absolute Gasteiger partial charge is 0.497 e. The molecule has 2 heterocycles. The molecule has 1 atom stereocenters. The van der Waals surface area contributed by atoms with Gasteiger partial charge in [-0.05, 0) is 42.0 Å². The molecule has 10 heteroatoms. The Bertz CT molecular complexity index is 924. The Morgan fingerprint density at radius 1 is 1.32 bits per heavy atom. The molecule has 2 aliphatic heterocycles. The number of carbonyl (C=O) groups excluding carboxylic acids is 3. The summed E-state index contributed by atoms with van der Waals surface area (Å²) in [6.07, 6.45) is 1.94. The monoisotopic (exact) mass is 424 g/mol. The smallest absolute Gasteiger partial charge is 0.293 e. The maximum absolute atomic E-state index is 12.5. The summed E-state index contributed by atoms with van der Waals surface area (Å²) in [5.74, 6) is -0.129. The van der Waals surface area contributed by atoms with Crippen LogP contribution in [0.25, 0.3) is 6.08 Å². The summed E-state index contributed by atoms with van der Waals surface area (Å²) in [6.45, 7) is -0.0457. The maximum Gasteiger partial charge on any atom is 0.293 e. The number of imide groups is 1. The molecule has 2 fully saturated rings. The zero-order valence-electron chi connectivity index (χ0n) is 15.2. The molecule has 0 bridgehead atoms. The van der Waals surface area contributed by atoms with Gasteiger partial charge in [0.25, 0.3) is 11.1 Å². The highest BCUT2D eigenvalue weighted by atomic mass is 32.2. The van der Waals surface area contributed by atoms with Crippen molar-refractivity contribution in [2.75, 3.05) is 25.2 Å². The number of nitrogens with zero attached hydrogens (tertiary/aromatic N) is 1. The van der Waals surface area contributed by atoms with E-state index in [1.54, 1.807) is 37.5 Å². The van der Waals surface area contributed by atoms with E-state index >= 15 is 0 Å². The standard InChI is InChI=1S/C18H20N2O6S2/c1-26-14-4-2-12(3-5-14)10-15-17(22)20(18(23)27-15)8-6-16(21)19-13-7-9-28(24,25)11-13/h2-5,10,13H,6-9,11H2,1H3,(H,19,21)/b15-10+/t13-/m0/s1. The number of amides is 3. The fourth-order valence-corrected chi connectivity index (χ4v) is 5.50. The van der Waals surface area contributed by atoms with E-state index in [2.05, 4.69) is 5.32 Å². The van der Waals surface area contributed by atoms with Crippen molar-refractivity contribution in [1.82, 2.24) is 10.2 Å². The highest BCUT2D eigenvalue weighted by Crippen LogP contribution is 2.32. The van der Waals surface area contributed by atoms with E-state index < -0.39 is 27.0 Å². The molecule has 2 aliphatic rings. The van der Waals surface area contributed by atoms with Crippen LogP contribution in [0.3, 0.4) is 0 Å². The molecule has 150 valence electrons. The van der Waals surface area contributed by atoms with Gasteiger partial charge in [-0.2, -0.15) is 0 Å². The van der Waals surface area contributed by atoms with Crippen LogP contribution in [0.15, 0.2) is 29.2 Å².